The van der Waals surface area contributed by atoms with E-state index in [1.165, 1.54) is 0 Å². The molecule has 0 spiro atoms. The average molecular weight is 337 g/mol. The first kappa shape index (κ1) is 17.7. The van der Waals surface area contributed by atoms with Crippen LogP contribution in [0.5, 0.6) is 5.75 Å². The Morgan fingerprint density at radius 1 is 1.35 bits per heavy atom. The number of amides is 1. The average Bonchev–Trinajstić information content (AvgIpc) is 2.53. The number of hydrogen-bond donors (Lipinski definition) is 1. The van der Waals surface area contributed by atoms with E-state index in [4.69, 9.17) is 9.84 Å². The summed E-state index contributed by atoms with van der Waals surface area (Å²) < 4.78 is 5.62. The van der Waals surface area contributed by atoms with E-state index >= 15 is 0 Å². The highest BCUT2D eigenvalue weighted by Gasteiger charge is 2.29. The zero-order valence-corrected chi connectivity index (χ0v) is 14.3. The monoisotopic (exact) mass is 337 g/mol. The molecule has 2 rings (SSSR count). The third-order valence-electron chi connectivity index (χ3n) is 3.58. The molecule has 6 heteroatoms. The van der Waals surface area contributed by atoms with Crippen molar-refractivity contribution in [1.29, 1.82) is 0 Å². The molecule has 1 fully saturated rings. The molecule has 1 heterocycles. The van der Waals surface area contributed by atoms with Crippen LogP contribution in [-0.4, -0.2) is 52.6 Å². The van der Waals surface area contributed by atoms with Crippen LogP contribution in [0, 0.1) is 5.92 Å². The summed E-state index contributed by atoms with van der Waals surface area (Å²) >= 11 is 1.70. The van der Waals surface area contributed by atoms with E-state index in [1.54, 1.807) is 40.9 Å². The van der Waals surface area contributed by atoms with Crippen LogP contribution in [0.15, 0.2) is 24.3 Å². The zero-order valence-electron chi connectivity index (χ0n) is 13.5. The standard InChI is InChI=1S/C17H23NO4S/c1-12(2)10-22-15-5-3-13(4-6-15)17(21)18-7-8-23-11-14(18)9-16(19)20/h3-6,12,14H,7-11H2,1-2H3,(H,19,20). The zero-order chi connectivity index (χ0) is 16.8. The molecule has 126 valence electrons. The molecule has 1 amide bonds. The van der Waals surface area contributed by atoms with Gasteiger partial charge in [-0.05, 0) is 30.2 Å². The maximum absolute atomic E-state index is 12.7. The van der Waals surface area contributed by atoms with Crippen LogP contribution in [0.3, 0.4) is 0 Å². The van der Waals surface area contributed by atoms with Gasteiger partial charge < -0.3 is 14.7 Å². The van der Waals surface area contributed by atoms with Gasteiger partial charge in [-0.1, -0.05) is 13.8 Å². The highest BCUT2D eigenvalue weighted by Crippen LogP contribution is 2.22. The first-order valence-electron chi connectivity index (χ1n) is 7.80. The number of nitrogens with zero attached hydrogens (tertiary/aromatic N) is 1. The van der Waals surface area contributed by atoms with Gasteiger partial charge in [0.2, 0.25) is 0 Å². The van der Waals surface area contributed by atoms with Gasteiger partial charge in [-0.2, -0.15) is 11.8 Å². The Labute approximate surface area is 141 Å². The van der Waals surface area contributed by atoms with Crippen LogP contribution in [0.1, 0.15) is 30.6 Å². The van der Waals surface area contributed by atoms with E-state index in [1.807, 2.05) is 0 Å². The smallest absolute Gasteiger partial charge is 0.305 e. The summed E-state index contributed by atoms with van der Waals surface area (Å²) in [5.74, 6) is 1.73. The molecule has 1 aliphatic rings. The number of carboxylic acids is 1. The van der Waals surface area contributed by atoms with Crippen LogP contribution in [0.2, 0.25) is 0 Å². The topological polar surface area (TPSA) is 66.8 Å². The summed E-state index contributed by atoms with van der Waals surface area (Å²) in [5, 5.41) is 9.01. The van der Waals surface area contributed by atoms with Crippen molar-refractivity contribution in [2.45, 2.75) is 26.3 Å². The van der Waals surface area contributed by atoms with Crippen LogP contribution >= 0.6 is 11.8 Å². The summed E-state index contributed by atoms with van der Waals surface area (Å²) in [6, 6.07) is 6.84. The van der Waals surface area contributed by atoms with Gasteiger partial charge in [0, 0.05) is 23.6 Å². The van der Waals surface area contributed by atoms with Crippen LogP contribution < -0.4 is 4.74 Å². The van der Waals surface area contributed by atoms with Crippen LogP contribution in [0.4, 0.5) is 0 Å². The molecule has 0 aliphatic carbocycles. The summed E-state index contributed by atoms with van der Waals surface area (Å²) in [6.07, 6.45) is -0.00563. The first-order chi connectivity index (χ1) is 11.0. The third kappa shape index (κ3) is 5.16. The quantitative estimate of drug-likeness (QED) is 0.864. The minimum absolute atomic E-state index is 0.00563. The Morgan fingerprint density at radius 3 is 2.65 bits per heavy atom. The van der Waals surface area contributed by atoms with Crippen molar-refractivity contribution in [2.75, 3.05) is 24.7 Å². The number of thioether (sulfide) groups is 1. The summed E-state index contributed by atoms with van der Waals surface area (Å²) in [6.45, 7) is 5.38. The molecule has 1 unspecified atom stereocenters. The Bertz CT molecular complexity index is 544. The molecule has 1 aromatic rings. The number of benzene rings is 1. The molecular weight excluding hydrogens is 314 g/mol. The minimum atomic E-state index is -0.868. The van der Waals surface area contributed by atoms with Crippen molar-refractivity contribution >= 4 is 23.6 Å². The number of ether oxygens (including phenoxy) is 1. The SMILES string of the molecule is CC(C)COc1ccc(C(=O)N2CCSCC2CC(=O)O)cc1. The molecular formula is C17H23NO4S. The fraction of sp³-hybridized carbons (Fsp3) is 0.529. The van der Waals surface area contributed by atoms with E-state index in [2.05, 4.69) is 13.8 Å². The lowest BCUT2D eigenvalue weighted by Gasteiger charge is -2.34. The Balaban J connectivity index is 2.04. The lowest BCUT2D eigenvalue weighted by atomic mass is 10.1. The number of rotatable bonds is 6. The van der Waals surface area contributed by atoms with Crippen LogP contribution in [0.25, 0.3) is 0 Å². The second-order valence-corrected chi connectivity index (χ2v) is 7.20. The molecule has 0 aromatic heterocycles. The van der Waals surface area contributed by atoms with Gasteiger partial charge in [0.15, 0.2) is 0 Å². The molecule has 23 heavy (non-hydrogen) atoms. The summed E-state index contributed by atoms with van der Waals surface area (Å²) in [4.78, 5) is 25.3. The molecule has 1 aliphatic heterocycles. The number of carbonyl (C=O) groups is 2. The van der Waals surface area contributed by atoms with Crippen molar-refractivity contribution < 1.29 is 19.4 Å². The Morgan fingerprint density at radius 2 is 2.04 bits per heavy atom. The van der Waals surface area contributed by atoms with Crippen molar-refractivity contribution in [3.05, 3.63) is 29.8 Å². The fourth-order valence-corrected chi connectivity index (χ4v) is 3.48. The highest BCUT2D eigenvalue weighted by molar-refractivity contribution is 7.99. The predicted octanol–water partition coefficient (Wildman–Crippen LogP) is 2.75. The maximum Gasteiger partial charge on any atom is 0.305 e. The van der Waals surface area contributed by atoms with Gasteiger partial charge in [-0.15, -0.1) is 0 Å². The van der Waals surface area contributed by atoms with E-state index in [0.717, 1.165) is 11.5 Å². The van der Waals surface area contributed by atoms with Gasteiger partial charge in [-0.25, -0.2) is 0 Å². The number of carboxylic acid groups (broad SMARTS) is 1. The lowest BCUT2D eigenvalue weighted by molar-refractivity contribution is -0.138. The second kappa shape index (κ2) is 8.24. The summed E-state index contributed by atoms with van der Waals surface area (Å²) in [5.41, 5.74) is 0.573. The van der Waals surface area contributed by atoms with Gasteiger partial charge in [-0.3, -0.25) is 9.59 Å². The normalized spacial score (nSPS) is 18.0. The Hall–Kier alpha value is -1.69. The van der Waals surface area contributed by atoms with Crippen molar-refractivity contribution in [2.24, 2.45) is 5.92 Å². The van der Waals surface area contributed by atoms with E-state index in [9.17, 15) is 9.59 Å². The highest BCUT2D eigenvalue weighted by atomic mass is 32.2. The lowest BCUT2D eigenvalue weighted by Crippen LogP contribution is -2.47. The largest absolute Gasteiger partial charge is 0.493 e. The molecule has 5 nitrogen and oxygen atoms in total. The van der Waals surface area contributed by atoms with E-state index < -0.39 is 5.97 Å². The van der Waals surface area contributed by atoms with E-state index in [-0.39, 0.29) is 18.4 Å². The molecule has 1 N–H and O–H groups in total. The van der Waals surface area contributed by atoms with Gasteiger partial charge in [0.1, 0.15) is 5.75 Å². The van der Waals surface area contributed by atoms with Crippen molar-refractivity contribution in [1.82, 2.24) is 4.90 Å². The first-order valence-corrected chi connectivity index (χ1v) is 8.96. The molecule has 0 saturated carbocycles. The number of hydrogen-bond acceptors (Lipinski definition) is 4. The Kier molecular flexibility index (Phi) is 6.33. The molecule has 0 bridgehead atoms. The van der Waals surface area contributed by atoms with Crippen LogP contribution in [-0.2, 0) is 4.79 Å². The maximum atomic E-state index is 12.7. The van der Waals surface area contributed by atoms with Gasteiger partial charge >= 0.3 is 5.97 Å². The molecule has 1 saturated heterocycles. The fourth-order valence-electron chi connectivity index (χ4n) is 2.42. The second-order valence-electron chi connectivity index (χ2n) is 6.05. The van der Waals surface area contributed by atoms with Gasteiger partial charge in [0.05, 0.1) is 19.1 Å². The predicted molar refractivity (Wildman–Crippen MR) is 91.2 cm³/mol. The summed E-state index contributed by atoms with van der Waals surface area (Å²) in [7, 11) is 0. The molecule has 1 aromatic carbocycles. The van der Waals surface area contributed by atoms with Gasteiger partial charge in [0.25, 0.3) is 5.91 Å². The van der Waals surface area contributed by atoms with Crippen molar-refractivity contribution in [3.63, 3.8) is 0 Å². The third-order valence-corrected chi connectivity index (χ3v) is 4.67. The minimum Gasteiger partial charge on any atom is -0.493 e. The van der Waals surface area contributed by atoms with E-state index in [0.29, 0.717) is 30.4 Å². The number of carbonyl (C=O) groups excluding carboxylic acids is 1. The molecule has 0 radical (unpaired) electrons. The number of aliphatic carboxylic acids is 1. The molecule has 1 atom stereocenters. The van der Waals surface area contributed by atoms with Crippen molar-refractivity contribution in [3.8, 4) is 5.75 Å².